The predicted octanol–water partition coefficient (Wildman–Crippen LogP) is 2.79. The zero-order valence-corrected chi connectivity index (χ0v) is 12.6. The molecule has 1 N–H and O–H groups in total. The van der Waals surface area contributed by atoms with Gasteiger partial charge in [-0.05, 0) is 30.7 Å². The minimum absolute atomic E-state index is 0.0846. The molecule has 1 aromatic rings. The summed E-state index contributed by atoms with van der Waals surface area (Å²) in [6.45, 7) is 3.98. The fourth-order valence-corrected chi connectivity index (χ4v) is 2.86. The standard InChI is InChI=1S/C15H19ClFNO3/c1-2-5-18(14-9-21-8-11(14)15(19)20)7-10-3-4-13(17)12(16)6-10/h3-4,6,11,14H,2,5,7-9H2,1H3,(H,19,20). The quantitative estimate of drug-likeness (QED) is 0.877. The number of carboxylic acids is 1. The van der Waals surface area contributed by atoms with Gasteiger partial charge in [-0.1, -0.05) is 24.6 Å². The highest BCUT2D eigenvalue weighted by Gasteiger charge is 2.37. The molecule has 2 unspecified atom stereocenters. The SMILES string of the molecule is CCCN(Cc1ccc(F)c(Cl)c1)C1COCC1C(=O)O. The minimum atomic E-state index is -0.837. The molecule has 1 aliphatic heterocycles. The van der Waals surface area contributed by atoms with Crippen LogP contribution in [0.5, 0.6) is 0 Å². The maximum Gasteiger partial charge on any atom is 0.310 e. The Morgan fingerprint density at radius 1 is 1.52 bits per heavy atom. The maximum absolute atomic E-state index is 13.2. The number of aliphatic carboxylic acids is 1. The molecule has 0 radical (unpaired) electrons. The first-order valence-corrected chi connectivity index (χ1v) is 7.39. The van der Waals surface area contributed by atoms with E-state index in [4.69, 9.17) is 16.3 Å². The summed E-state index contributed by atoms with van der Waals surface area (Å²) < 4.78 is 18.5. The van der Waals surface area contributed by atoms with Gasteiger partial charge in [0, 0.05) is 12.6 Å². The van der Waals surface area contributed by atoms with Crippen LogP contribution in [0.15, 0.2) is 18.2 Å². The van der Waals surface area contributed by atoms with E-state index in [9.17, 15) is 14.3 Å². The largest absolute Gasteiger partial charge is 0.481 e. The number of ether oxygens (including phenoxy) is 1. The molecule has 116 valence electrons. The number of hydrogen-bond acceptors (Lipinski definition) is 3. The molecule has 1 aliphatic rings. The molecule has 2 rings (SSSR count). The number of nitrogens with zero attached hydrogens (tertiary/aromatic N) is 1. The summed E-state index contributed by atoms with van der Waals surface area (Å²) in [7, 11) is 0. The van der Waals surface area contributed by atoms with E-state index >= 15 is 0 Å². The lowest BCUT2D eigenvalue weighted by Gasteiger charge is -2.30. The van der Waals surface area contributed by atoms with Gasteiger partial charge in [0.1, 0.15) is 5.82 Å². The fraction of sp³-hybridized carbons (Fsp3) is 0.533. The molecular formula is C15H19ClFNO3. The van der Waals surface area contributed by atoms with Crippen molar-refractivity contribution in [1.82, 2.24) is 4.90 Å². The molecule has 1 aromatic carbocycles. The van der Waals surface area contributed by atoms with Crippen LogP contribution < -0.4 is 0 Å². The molecule has 0 amide bonds. The molecule has 0 bridgehead atoms. The van der Waals surface area contributed by atoms with Gasteiger partial charge < -0.3 is 9.84 Å². The second kappa shape index (κ2) is 7.20. The molecule has 21 heavy (non-hydrogen) atoms. The van der Waals surface area contributed by atoms with Crippen molar-refractivity contribution in [3.05, 3.63) is 34.6 Å². The first kappa shape index (κ1) is 16.2. The van der Waals surface area contributed by atoms with Gasteiger partial charge in [0.15, 0.2) is 0 Å². The molecule has 0 aliphatic carbocycles. The molecule has 1 fully saturated rings. The van der Waals surface area contributed by atoms with Crippen LogP contribution in [0.2, 0.25) is 5.02 Å². The van der Waals surface area contributed by atoms with Gasteiger partial charge in [-0.3, -0.25) is 9.69 Å². The first-order chi connectivity index (χ1) is 10.0. The topological polar surface area (TPSA) is 49.8 Å². The number of hydrogen-bond donors (Lipinski definition) is 1. The van der Waals surface area contributed by atoms with Crippen LogP contribution in [0.3, 0.4) is 0 Å². The third kappa shape index (κ3) is 3.93. The summed E-state index contributed by atoms with van der Waals surface area (Å²) in [5, 5.41) is 9.35. The molecule has 0 spiro atoms. The number of halogens is 2. The fourth-order valence-electron chi connectivity index (χ4n) is 2.66. The van der Waals surface area contributed by atoms with Gasteiger partial charge >= 0.3 is 5.97 Å². The molecule has 4 nitrogen and oxygen atoms in total. The molecule has 2 atom stereocenters. The van der Waals surface area contributed by atoms with E-state index in [1.807, 2.05) is 6.92 Å². The third-order valence-electron chi connectivity index (χ3n) is 3.72. The lowest BCUT2D eigenvalue weighted by molar-refractivity contribution is -0.143. The van der Waals surface area contributed by atoms with Gasteiger partial charge in [-0.15, -0.1) is 0 Å². The Kier molecular flexibility index (Phi) is 5.56. The van der Waals surface area contributed by atoms with Gasteiger partial charge in [-0.2, -0.15) is 0 Å². The van der Waals surface area contributed by atoms with E-state index in [1.54, 1.807) is 12.1 Å². The van der Waals surface area contributed by atoms with Crippen molar-refractivity contribution < 1.29 is 19.0 Å². The number of carboxylic acid groups (broad SMARTS) is 1. The first-order valence-electron chi connectivity index (χ1n) is 7.01. The molecule has 0 saturated carbocycles. The van der Waals surface area contributed by atoms with Crippen molar-refractivity contribution in [2.75, 3.05) is 19.8 Å². The summed E-state index contributed by atoms with van der Waals surface area (Å²) in [6, 6.07) is 4.44. The van der Waals surface area contributed by atoms with Gasteiger partial charge in [0.05, 0.1) is 24.2 Å². The van der Waals surface area contributed by atoms with Gasteiger partial charge in [-0.25, -0.2) is 4.39 Å². The lowest BCUT2D eigenvalue weighted by Crippen LogP contribution is -2.43. The average molecular weight is 316 g/mol. The number of benzene rings is 1. The van der Waals surface area contributed by atoms with E-state index in [1.165, 1.54) is 6.07 Å². The normalized spacial score (nSPS) is 21.9. The van der Waals surface area contributed by atoms with E-state index in [0.29, 0.717) is 13.2 Å². The van der Waals surface area contributed by atoms with Crippen LogP contribution in [0.25, 0.3) is 0 Å². The maximum atomic E-state index is 13.2. The van der Waals surface area contributed by atoms with Crippen LogP contribution >= 0.6 is 11.6 Å². The van der Waals surface area contributed by atoms with E-state index in [2.05, 4.69) is 4.90 Å². The summed E-state index contributed by atoms with van der Waals surface area (Å²) >= 11 is 5.80. The van der Waals surface area contributed by atoms with Crippen LogP contribution in [0.4, 0.5) is 4.39 Å². The lowest BCUT2D eigenvalue weighted by atomic mass is 10.0. The molecule has 6 heteroatoms. The van der Waals surface area contributed by atoms with Crippen molar-refractivity contribution in [1.29, 1.82) is 0 Å². The van der Waals surface area contributed by atoms with Crippen molar-refractivity contribution in [3.8, 4) is 0 Å². The van der Waals surface area contributed by atoms with Crippen LogP contribution in [-0.4, -0.2) is 41.8 Å². The Balaban J connectivity index is 2.14. The Morgan fingerprint density at radius 3 is 2.90 bits per heavy atom. The highest BCUT2D eigenvalue weighted by Crippen LogP contribution is 2.24. The molecule has 0 aromatic heterocycles. The monoisotopic (exact) mass is 315 g/mol. The van der Waals surface area contributed by atoms with E-state index < -0.39 is 17.7 Å². The summed E-state index contributed by atoms with van der Waals surface area (Å²) in [4.78, 5) is 13.4. The molecule has 1 saturated heterocycles. The zero-order chi connectivity index (χ0) is 15.4. The average Bonchev–Trinajstić information content (AvgIpc) is 2.92. The van der Waals surface area contributed by atoms with Crippen LogP contribution in [0, 0.1) is 11.7 Å². The molecular weight excluding hydrogens is 297 g/mol. The molecule has 1 heterocycles. The smallest absolute Gasteiger partial charge is 0.310 e. The Labute approximate surface area is 128 Å². The van der Waals surface area contributed by atoms with Crippen molar-refractivity contribution in [2.24, 2.45) is 5.92 Å². The number of carbonyl (C=O) groups is 1. The predicted molar refractivity (Wildman–Crippen MR) is 77.8 cm³/mol. The second-order valence-electron chi connectivity index (χ2n) is 5.27. The summed E-state index contributed by atoms with van der Waals surface area (Å²) in [5.41, 5.74) is 0.867. The van der Waals surface area contributed by atoms with Gasteiger partial charge in [0.2, 0.25) is 0 Å². The number of rotatable bonds is 6. The third-order valence-corrected chi connectivity index (χ3v) is 4.01. The highest BCUT2D eigenvalue weighted by atomic mass is 35.5. The van der Waals surface area contributed by atoms with Crippen LogP contribution in [-0.2, 0) is 16.1 Å². The van der Waals surface area contributed by atoms with Crippen molar-refractivity contribution in [3.63, 3.8) is 0 Å². The van der Waals surface area contributed by atoms with Crippen molar-refractivity contribution in [2.45, 2.75) is 25.9 Å². The Bertz CT molecular complexity index is 512. The van der Waals surface area contributed by atoms with E-state index in [0.717, 1.165) is 18.5 Å². The van der Waals surface area contributed by atoms with E-state index in [-0.39, 0.29) is 17.7 Å². The highest BCUT2D eigenvalue weighted by molar-refractivity contribution is 6.30. The van der Waals surface area contributed by atoms with Crippen LogP contribution in [0.1, 0.15) is 18.9 Å². The zero-order valence-electron chi connectivity index (χ0n) is 11.9. The Hall–Kier alpha value is -1.17. The Morgan fingerprint density at radius 2 is 2.29 bits per heavy atom. The second-order valence-corrected chi connectivity index (χ2v) is 5.68. The minimum Gasteiger partial charge on any atom is -0.481 e. The van der Waals surface area contributed by atoms with Crippen molar-refractivity contribution >= 4 is 17.6 Å². The summed E-state index contributed by atoms with van der Waals surface area (Å²) in [5.74, 6) is -1.81. The summed E-state index contributed by atoms with van der Waals surface area (Å²) in [6.07, 6.45) is 0.901. The van der Waals surface area contributed by atoms with Gasteiger partial charge in [0.25, 0.3) is 0 Å².